The van der Waals surface area contributed by atoms with Gasteiger partial charge in [0.05, 0.1) is 11.2 Å². The highest BCUT2D eigenvalue weighted by Gasteiger charge is 2.50. The van der Waals surface area contributed by atoms with E-state index in [1.807, 2.05) is 0 Å². The molecule has 1 saturated heterocycles. The summed E-state index contributed by atoms with van der Waals surface area (Å²) in [5.41, 5.74) is 0.133. The summed E-state index contributed by atoms with van der Waals surface area (Å²) in [4.78, 5) is 0.722. The topological polar surface area (TPSA) is 9.23 Å². The predicted octanol–water partition coefficient (Wildman–Crippen LogP) is 4.14. The van der Waals surface area contributed by atoms with E-state index in [4.69, 9.17) is 4.74 Å². The molecule has 0 radical (unpaired) electrons. The van der Waals surface area contributed by atoms with Crippen molar-refractivity contribution in [3.63, 3.8) is 0 Å². The molecule has 1 saturated carbocycles. The number of alkyl halides is 1. The largest absolute Gasteiger partial charge is 0.369 e. The minimum Gasteiger partial charge on any atom is -0.369 e. The van der Waals surface area contributed by atoms with Crippen LogP contribution in [0.5, 0.6) is 0 Å². The third kappa shape index (κ3) is 2.26. The van der Waals surface area contributed by atoms with Gasteiger partial charge in [-0.3, -0.25) is 0 Å². The Kier molecular flexibility index (Phi) is 2.96. The summed E-state index contributed by atoms with van der Waals surface area (Å²) in [5, 5.41) is 0. The Morgan fingerprint density at radius 1 is 1.13 bits per heavy atom. The molecule has 1 aliphatic carbocycles. The first-order valence-corrected chi connectivity index (χ1v) is 7.08. The zero-order chi connectivity index (χ0) is 11.3. The van der Waals surface area contributed by atoms with Crippen LogP contribution in [0.3, 0.4) is 0 Å². The molecule has 2 heteroatoms. The number of halogens is 1. The molecule has 0 aromatic rings. The van der Waals surface area contributed by atoms with Gasteiger partial charge in [0.15, 0.2) is 0 Å². The van der Waals surface area contributed by atoms with E-state index in [0.29, 0.717) is 0 Å². The van der Waals surface area contributed by atoms with E-state index in [1.54, 1.807) is 0 Å². The SMILES string of the molecule is CC1(C)CC(C2CCCC2Br)C(C)(C)O1. The highest BCUT2D eigenvalue weighted by Crippen LogP contribution is 2.51. The van der Waals surface area contributed by atoms with Gasteiger partial charge in [-0.15, -0.1) is 0 Å². The molecule has 2 rings (SSSR count). The maximum atomic E-state index is 6.19. The Morgan fingerprint density at radius 3 is 2.20 bits per heavy atom. The van der Waals surface area contributed by atoms with Gasteiger partial charge in [-0.05, 0) is 58.8 Å². The molecule has 1 heterocycles. The van der Waals surface area contributed by atoms with Crippen molar-refractivity contribution >= 4 is 15.9 Å². The highest BCUT2D eigenvalue weighted by molar-refractivity contribution is 9.09. The van der Waals surface area contributed by atoms with Crippen molar-refractivity contribution in [3.8, 4) is 0 Å². The Balaban J connectivity index is 2.15. The van der Waals surface area contributed by atoms with E-state index in [0.717, 1.165) is 16.7 Å². The van der Waals surface area contributed by atoms with Gasteiger partial charge in [-0.1, -0.05) is 22.4 Å². The normalized spacial score (nSPS) is 43.4. The van der Waals surface area contributed by atoms with E-state index in [1.165, 1.54) is 25.7 Å². The van der Waals surface area contributed by atoms with Crippen LogP contribution in [0, 0.1) is 11.8 Å². The summed E-state index contributed by atoms with van der Waals surface area (Å²) in [5.74, 6) is 1.54. The van der Waals surface area contributed by atoms with Crippen molar-refractivity contribution in [2.24, 2.45) is 11.8 Å². The second-order valence-corrected chi connectivity index (χ2v) is 7.56. The molecule has 15 heavy (non-hydrogen) atoms. The molecule has 2 fully saturated rings. The van der Waals surface area contributed by atoms with Crippen molar-refractivity contribution in [1.29, 1.82) is 0 Å². The standard InChI is InChI=1S/C13H23BrO/c1-12(2)8-10(13(3,4)15-12)9-6-5-7-11(9)14/h9-11H,5-8H2,1-4H3. The van der Waals surface area contributed by atoms with E-state index in [9.17, 15) is 0 Å². The van der Waals surface area contributed by atoms with Crippen LogP contribution < -0.4 is 0 Å². The van der Waals surface area contributed by atoms with Crippen LogP contribution in [-0.2, 0) is 4.74 Å². The molecule has 0 spiro atoms. The van der Waals surface area contributed by atoms with Gasteiger partial charge >= 0.3 is 0 Å². The number of ether oxygens (including phenoxy) is 1. The van der Waals surface area contributed by atoms with Crippen LogP contribution in [0.4, 0.5) is 0 Å². The van der Waals surface area contributed by atoms with Crippen LogP contribution in [0.1, 0.15) is 53.4 Å². The summed E-state index contributed by atoms with van der Waals surface area (Å²) in [6.07, 6.45) is 5.32. The molecule has 3 unspecified atom stereocenters. The highest BCUT2D eigenvalue weighted by atomic mass is 79.9. The van der Waals surface area contributed by atoms with Gasteiger partial charge in [-0.25, -0.2) is 0 Å². The summed E-state index contributed by atoms with van der Waals surface area (Å²) in [6, 6.07) is 0. The molecule has 0 amide bonds. The lowest BCUT2D eigenvalue weighted by molar-refractivity contribution is -0.0794. The van der Waals surface area contributed by atoms with Gasteiger partial charge in [0.1, 0.15) is 0 Å². The minimum atomic E-state index is 0.0600. The molecule has 0 N–H and O–H groups in total. The fourth-order valence-corrected chi connectivity index (χ4v) is 4.63. The quantitative estimate of drug-likeness (QED) is 0.653. The first kappa shape index (κ1) is 11.9. The third-order valence-corrected chi connectivity index (χ3v) is 5.28. The lowest BCUT2D eigenvalue weighted by Crippen LogP contribution is -2.35. The van der Waals surface area contributed by atoms with Crippen LogP contribution in [0.15, 0.2) is 0 Å². The molecular weight excluding hydrogens is 252 g/mol. The Hall–Kier alpha value is 0.440. The van der Waals surface area contributed by atoms with Crippen LogP contribution in [0.2, 0.25) is 0 Å². The molecule has 0 aromatic carbocycles. The summed E-state index contributed by atoms with van der Waals surface area (Å²) >= 11 is 3.85. The van der Waals surface area contributed by atoms with Crippen molar-refractivity contribution in [1.82, 2.24) is 0 Å². The van der Waals surface area contributed by atoms with Gasteiger partial charge in [0.2, 0.25) is 0 Å². The second-order valence-electron chi connectivity index (χ2n) is 6.39. The van der Waals surface area contributed by atoms with Crippen molar-refractivity contribution < 1.29 is 4.74 Å². The van der Waals surface area contributed by atoms with Crippen molar-refractivity contribution in [2.75, 3.05) is 0 Å². The maximum absolute atomic E-state index is 6.19. The van der Waals surface area contributed by atoms with Gasteiger partial charge in [0, 0.05) is 4.83 Å². The molecule has 0 bridgehead atoms. The lowest BCUT2D eigenvalue weighted by Gasteiger charge is -2.32. The molecule has 88 valence electrons. The van der Waals surface area contributed by atoms with Crippen LogP contribution in [-0.4, -0.2) is 16.0 Å². The fraction of sp³-hybridized carbons (Fsp3) is 1.00. The molecule has 2 aliphatic rings. The summed E-state index contributed by atoms with van der Waals surface area (Å²) in [6.45, 7) is 8.99. The smallest absolute Gasteiger partial charge is 0.0665 e. The fourth-order valence-electron chi connectivity index (χ4n) is 3.67. The Morgan fingerprint density at radius 2 is 1.80 bits per heavy atom. The number of rotatable bonds is 1. The third-order valence-electron chi connectivity index (χ3n) is 4.14. The van der Waals surface area contributed by atoms with Crippen molar-refractivity contribution in [2.45, 2.75) is 69.4 Å². The van der Waals surface area contributed by atoms with E-state index in [2.05, 4.69) is 43.6 Å². The Bertz CT molecular complexity index is 247. The molecule has 1 aliphatic heterocycles. The van der Waals surface area contributed by atoms with Gasteiger partial charge in [0.25, 0.3) is 0 Å². The van der Waals surface area contributed by atoms with E-state index < -0.39 is 0 Å². The summed E-state index contributed by atoms with van der Waals surface area (Å²) < 4.78 is 6.19. The van der Waals surface area contributed by atoms with Crippen LogP contribution in [0.25, 0.3) is 0 Å². The number of hydrogen-bond acceptors (Lipinski definition) is 1. The lowest BCUT2D eigenvalue weighted by atomic mass is 9.77. The maximum Gasteiger partial charge on any atom is 0.0665 e. The summed E-state index contributed by atoms with van der Waals surface area (Å²) in [7, 11) is 0. The molecule has 3 atom stereocenters. The average Bonchev–Trinajstić information content (AvgIpc) is 2.52. The van der Waals surface area contributed by atoms with Crippen LogP contribution >= 0.6 is 15.9 Å². The van der Waals surface area contributed by atoms with Gasteiger partial charge in [-0.2, -0.15) is 0 Å². The Labute approximate surface area is 102 Å². The second kappa shape index (κ2) is 3.73. The molecule has 0 aromatic heterocycles. The van der Waals surface area contributed by atoms with Crippen molar-refractivity contribution in [3.05, 3.63) is 0 Å². The monoisotopic (exact) mass is 274 g/mol. The van der Waals surface area contributed by atoms with E-state index in [-0.39, 0.29) is 11.2 Å². The molecule has 1 nitrogen and oxygen atoms in total. The minimum absolute atomic E-state index is 0.0600. The van der Waals surface area contributed by atoms with E-state index >= 15 is 0 Å². The predicted molar refractivity (Wildman–Crippen MR) is 67.4 cm³/mol. The first-order chi connectivity index (χ1) is 6.82. The number of hydrogen-bond donors (Lipinski definition) is 0. The zero-order valence-corrected chi connectivity index (χ0v) is 11.9. The van der Waals surface area contributed by atoms with Gasteiger partial charge < -0.3 is 4.74 Å². The zero-order valence-electron chi connectivity index (χ0n) is 10.3. The molecular formula is C13H23BrO. The first-order valence-electron chi connectivity index (χ1n) is 6.16. The average molecular weight is 275 g/mol.